The van der Waals surface area contributed by atoms with Crippen LogP contribution < -0.4 is 16.0 Å². The molecule has 0 aliphatic carbocycles. The zero-order valence-corrected chi connectivity index (χ0v) is 24.0. The van der Waals surface area contributed by atoms with E-state index in [1.807, 2.05) is 78.9 Å². The molecule has 4 aromatic rings. The molecule has 0 fully saturated rings. The molecule has 4 aromatic carbocycles. The fourth-order valence-corrected chi connectivity index (χ4v) is 4.61. The number of carbonyl (C=O) groups excluding carboxylic acids is 2. The summed E-state index contributed by atoms with van der Waals surface area (Å²) in [5, 5.41) is 18.2. The van der Waals surface area contributed by atoms with Gasteiger partial charge in [0.25, 0.3) is 0 Å². The SMILES string of the molecule is O=C(O)CCc1ccccc1NC(=O)[C@H](CCCNC(=O)OCc1ccccc1)NCc1ccc(-c2ccccc2)cc1. The van der Waals surface area contributed by atoms with Crippen molar-refractivity contribution in [2.45, 2.75) is 44.9 Å². The van der Waals surface area contributed by atoms with Crippen LogP contribution in [-0.2, 0) is 33.9 Å². The molecule has 0 aliphatic heterocycles. The van der Waals surface area contributed by atoms with Gasteiger partial charge < -0.3 is 25.8 Å². The number of rotatable bonds is 15. The molecule has 8 heteroatoms. The second kappa shape index (κ2) is 16.5. The van der Waals surface area contributed by atoms with Crippen molar-refractivity contribution in [3.63, 3.8) is 0 Å². The Morgan fingerprint density at radius 2 is 1.40 bits per heavy atom. The smallest absolute Gasteiger partial charge is 0.407 e. The number of anilines is 1. The van der Waals surface area contributed by atoms with Crippen molar-refractivity contribution in [1.82, 2.24) is 10.6 Å². The fourth-order valence-electron chi connectivity index (χ4n) is 4.61. The number of aliphatic carboxylic acids is 1. The summed E-state index contributed by atoms with van der Waals surface area (Å²) < 4.78 is 5.27. The number of nitrogens with one attached hydrogen (secondary N) is 3. The highest BCUT2D eigenvalue weighted by atomic mass is 16.5. The monoisotopic (exact) mass is 579 g/mol. The Bertz CT molecular complexity index is 1460. The van der Waals surface area contributed by atoms with Gasteiger partial charge in [-0.15, -0.1) is 0 Å². The molecular formula is C35H37N3O5. The molecule has 4 N–H and O–H groups in total. The molecule has 0 aliphatic rings. The summed E-state index contributed by atoms with van der Waals surface area (Å²) in [6.45, 7) is 1.00. The van der Waals surface area contributed by atoms with Crippen molar-refractivity contribution in [2.24, 2.45) is 0 Å². The number of carboxylic acids is 1. The van der Waals surface area contributed by atoms with Gasteiger partial charge in [0.2, 0.25) is 5.91 Å². The minimum atomic E-state index is -0.895. The number of alkyl carbamates (subject to hydrolysis) is 1. The van der Waals surface area contributed by atoms with Gasteiger partial charge in [0.15, 0.2) is 0 Å². The highest BCUT2D eigenvalue weighted by molar-refractivity contribution is 5.95. The predicted molar refractivity (Wildman–Crippen MR) is 167 cm³/mol. The quantitative estimate of drug-likeness (QED) is 0.125. The van der Waals surface area contributed by atoms with Crippen LogP contribution in [0.15, 0.2) is 109 Å². The first kappa shape index (κ1) is 31.0. The number of para-hydroxylation sites is 1. The van der Waals surface area contributed by atoms with Crippen molar-refractivity contribution in [2.75, 3.05) is 11.9 Å². The third-order valence-corrected chi connectivity index (χ3v) is 6.97. The molecule has 0 aromatic heterocycles. The van der Waals surface area contributed by atoms with Crippen molar-refractivity contribution in [3.05, 3.63) is 126 Å². The standard InChI is InChI=1S/C35H37N3O5/c39-33(40)22-21-30-14-7-8-15-31(30)38-34(41)32(16-9-23-36-35(42)43-25-27-10-3-1-4-11-27)37-24-26-17-19-29(20-18-26)28-12-5-2-6-13-28/h1-8,10-15,17-20,32,37H,9,16,21-25H2,(H,36,42)(H,38,41)(H,39,40)/t32-/m0/s1. The number of carboxylic acid groups (broad SMARTS) is 1. The molecule has 0 saturated carbocycles. The normalized spacial score (nSPS) is 11.3. The maximum Gasteiger partial charge on any atom is 0.407 e. The Kier molecular flexibility index (Phi) is 11.9. The highest BCUT2D eigenvalue weighted by Crippen LogP contribution is 2.20. The topological polar surface area (TPSA) is 117 Å². The molecule has 0 bridgehead atoms. The first-order chi connectivity index (χ1) is 21.0. The lowest BCUT2D eigenvalue weighted by Gasteiger charge is -2.20. The zero-order valence-electron chi connectivity index (χ0n) is 24.0. The minimum absolute atomic E-state index is 0.0282. The predicted octanol–water partition coefficient (Wildman–Crippen LogP) is 6.17. The summed E-state index contributed by atoms with van der Waals surface area (Å²) in [5.41, 5.74) is 5.53. The zero-order chi connectivity index (χ0) is 30.3. The van der Waals surface area contributed by atoms with Crippen molar-refractivity contribution in [3.8, 4) is 11.1 Å². The van der Waals surface area contributed by atoms with Crippen LogP contribution in [0, 0.1) is 0 Å². The maximum absolute atomic E-state index is 13.4. The van der Waals surface area contributed by atoms with Crippen LogP contribution >= 0.6 is 0 Å². The molecule has 2 amide bonds. The van der Waals surface area contributed by atoms with E-state index in [9.17, 15) is 14.4 Å². The first-order valence-corrected chi connectivity index (χ1v) is 14.4. The molecule has 0 unspecified atom stereocenters. The lowest BCUT2D eigenvalue weighted by Crippen LogP contribution is -2.41. The van der Waals surface area contributed by atoms with Crippen LogP contribution in [0.25, 0.3) is 11.1 Å². The van der Waals surface area contributed by atoms with E-state index in [0.717, 1.165) is 27.8 Å². The highest BCUT2D eigenvalue weighted by Gasteiger charge is 2.19. The summed E-state index contributed by atoms with van der Waals surface area (Å²) in [6.07, 6.45) is 0.777. The molecule has 222 valence electrons. The number of hydrogen-bond donors (Lipinski definition) is 4. The van der Waals surface area contributed by atoms with E-state index < -0.39 is 18.1 Å². The van der Waals surface area contributed by atoms with Crippen LogP contribution in [0.3, 0.4) is 0 Å². The van der Waals surface area contributed by atoms with Gasteiger partial charge in [-0.2, -0.15) is 0 Å². The van der Waals surface area contributed by atoms with E-state index in [2.05, 4.69) is 40.2 Å². The van der Waals surface area contributed by atoms with Crippen molar-refractivity contribution in [1.29, 1.82) is 0 Å². The number of ether oxygens (including phenoxy) is 1. The Labute approximate surface area is 252 Å². The van der Waals surface area contributed by atoms with Crippen LogP contribution in [0.4, 0.5) is 10.5 Å². The van der Waals surface area contributed by atoms with Gasteiger partial charge >= 0.3 is 12.1 Å². The van der Waals surface area contributed by atoms with E-state index in [0.29, 0.717) is 38.0 Å². The van der Waals surface area contributed by atoms with E-state index in [4.69, 9.17) is 9.84 Å². The van der Waals surface area contributed by atoms with E-state index in [1.165, 1.54) is 0 Å². The van der Waals surface area contributed by atoms with Gasteiger partial charge in [0.05, 0.1) is 6.04 Å². The molecule has 0 spiro atoms. The van der Waals surface area contributed by atoms with Gasteiger partial charge in [-0.05, 0) is 53.1 Å². The fraction of sp³-hybridized carbons (Fsp3) is 0.229. The number of amides is 2. The van der Waals surface area contributed by atoms with Crippen LogP contribution in [0.5, 0.6) is 0 Å². The largest absolute Gasteiger partial charge is 0.481 e. The molecule has 8 nitrogen and oxygen atoms in total. The van der Waals surface area contributed by atoms with Crippen LogP contribution in [-0.4, -0.2) is 35.7 Å². The Morgan fingerprint density at radius 1 is 0.744 bits per heavy atom. The second-order valence-corrected chi connectivity index (χ2v) is 10.2. The summed E-state index contributed by atoms with van der Waals surface area (Å²) in [5.74, 6) is -1.12. The van der Waals surface area contributed by atoms with Gasteiger partial charge in [0.1, 0.15) is 6.61 Å². The van der Waals surface area contributed by atoms with Crippen molar-refractivity contribution >= 4 is 23.7 Å². The Balaban J connectivity index is 1.35. The van der Waals surface area contributed by atoms with Gasteiger partial charge in [-0.1, -0.05) is 103 Å². The average molecular weight is 580 g/mol. The summed E-state index contributed by atoms with van der Waals surface area (Å²) in [6, 6.07) is 34.4. The van der Waals surface area contributed by atoms with E-state index in [1.54, 1.807) is 6.07 Å². The second-order valence-electron chi connectivity index (χ2n) is 10.2. The minimum Gasteiger partial charge on any atom is -0.481 e. The number of carbonyl (C=O) groups is 3. The van der Waals surface area contributed by atoms with Crippen LogP contribution in [0.1, 0.15) is 36.0 Å². The number of hydrogen-bond acceptors (Lipinski definition) is 5. The summed E-state index contributed by atoms with van der Waals surface area (Å²) in [4.78, 5) is 36.7. The average Bonchev–Trinajstić information content (AvgIpc) is 3.04. The molecule has 1 atom stereocenters. The van der Waals surface area contributed by atoms with Crippen LogP contribution in [0.2, 0.25) is 0 Å². The lowest BCUT2D eigenvalue weighted by molar-refractivity contribution is -0.137. The molecule has 0 saturated heterocycles. The lowest BCUT2D eigenvalue weighted by atomic mass is 10.0. The van der Waals surface area contributed by atoms with Crippen molar-refractivity contribution < 1.29 is 24.2 Å². The van der Waals surface area contributed by atoms with Gasteiger partial charge in [-0.25, -0.2) is 4.79 Å². The summed E-state index contributed by atoms with van der Waals surface area (Å²) >= 11 is 0. The molecule has 0 heterocycles. The number of aryl methyl sites for hydroxylation is 1. The third kappa shape index (κ3) is 10.4. The maximum atomic E-state index is 13.4. The summed E-state index contributed by atoms with van der Waals surface area (Å²) in [7, 11) is 0. The third-order valence-electron chi connectivity index (χ3n) is 6.97. The van der Waals surface area contributed by atoms with Gasteiger partial charge in [-0.3, -0.25) is 9.59 Å². The molecule has 0 radical (unpaired) electrons. The van der Waals surface area contributed by atoms with Gasteiger partial charge in [0, 0.05) is 25.2 Å². The Hall–Kier alpha value is -4.95. The van der Waals surface area contributed by atoms with E-state index in [-0.39, 0.29) is 18.9 Å². The Morgan fingerprint density at radius 3 is 2.12 bits per heavy atom. The molecular weight excluding hydrogens is 542 g/mol. The molecule has 4 rings (SSSR count). The molecule has 43 heavy (non-hydrogen) atoms. The number of benzene rings is 4. The van der Waals surface area contributed by atoms with E-state index >= 15 is 0 Å². The first-order valence-electron chi connectivity index (χ1n) is 14.4.